The van der Waals surface area contributed by atoms with Crippen molar-refractivity contribution in [3.8, 4) is 45.3 Å². The number of phenols is 2. The van der Waals surface area contributed by atoms with Crippen molar-refractivity contribution in [2.75, 3.05) is 84.2 Å². The van der Waals surface area contributed by atoms with Crippen molar-refractivity contribution in [1.29, 1.82) is 0 Å². The van der Waals surface area contributed by atoms with Crippen LogP contribution in [0.5, 0.6) is 11.5 Å². The van der Waals surface area contributed by atoms with Crippen molar-refractivity contribution >= 4 is 22.6 Å². The van der Waals surface area contributed by atoms with Gasteiger partial charge in [0, 0.05) is 47.1 Å². The van der Waals surface area contributed by atoms with Gasteiger partial charge in [0.15, 0.2) is 16.8 Å². The zero-order valence-electron chi connectivity index (χ0n) is 33.0. The summed E-state index contributed by atoms with van der Waals surface area (Å²) >= 11 is 0. The molecule has 6 aromatic rings. The fourth-order valence-corrected chi connectivity index (χ4v) is 6.77. The van der Waals surface area contributed by atoms with Gasteiger partial charge in [0.1, 0.15) is 18.2 Å². The van der Waals surface area contributed by atoms with Crippen molar-refractivity contribution in [2.24, 2.45) is 0 Å². The maximum Gasteiger partial charge on any atom is 0.251 e. The molecule has 0 atom stereocenters. The Labute approximate surface area is 345 Å². The largest absolute Gasteiger partial charge is 0.504 e. The summed E-state index contributed by atoms with van der Waals surface area (Å²) in [4.78, 5) is 27.0. The second-order valence-corrected chi connectivity index (χ2v) is 13.7. The van der Waals surface area contributed by atoms with E-state index in [1.54, 1.807) is 24.3 Å². The number of nitrogens with zero attached hydrogens (tertiary/aromatic N) is 4. The van der Waals surface area contributed by atoms with Gasteiger partial charge in [-0.05, 0) is 35.9 Å². The number of aliphatic hydroxyl groups is 1. The lowest BCUT2D eigenvalue weighted by molar-refractivity contribution is -0.0113. The van der Waals surface area contributed by atoms with Gasteiger partial charge in [-0.25, -0.2) is 4.68 Å². The first-order valence-electron chi connectivity index (χ1n) is 19.7. The van der Waals surface area contributed by atoms with Gasteiger partial charge in [0.2, 0.25) is 5.75 Å². The summed E-state index contributed by atoms with van der Waals surface area (Å²) in [6.45, 7) is 5.30. The van der Waals surface area contributed by atoms with Crippen LogP contribution in [0.15, 0.2) is 100 Å². The fraction of sp³-hybridized carbons (Fsp3) is 0.318. The van der Waals surface area contributed by atoms with E-state index in [0.29, 0.717) is 96.8 Å². The Morgan fingerprint density at radius 3 is 2.08 bits per heavy atom. The number of aromatic hydroxyl groups is 2. The van der Waals surface area contributed by atoms with Crippen LogP contribution in [0, 0.1) is 0 Å². The SMILES string of the molecule is O=C(NCCOCCOCCOCCOCCOCCn1nnc2c1-c1ccccc1CN(CO)c1ccccc1-2)c1ccc(-c2cc(=O)c3ccc(O)c(O)c3o2)cc1. The van der Waals surface area contributed by atoms with E-state index in [-0.39, 0.29) is 34.8 Å². The summed E-state index contributed by atoms with van der Waals surface area (Å²) in [5.41, 5.74) is 6.08. The lowest BCUT2D eigenvalue weighted by atomic mass is 9.96. The van der Waals surface area contributed by atoms with Crippen LogP contribution in [-0.2, 0) is 36.8 Å². The number of aliphatic hydroxyl groups excluding tert-OH is 1. The number of nitrogens with one attached hydrogen (secondary N) is 1. The Bertz CT molecular complexity index is 2420. The molecule has 0 fully saturated rings. The van der Waals surface area contributed by atoms with Crippen molar-refractivity contribution in [1.82, 2.24) is 20.3 Å². The number of para-hydroxylation sites is 1. The Morgan fingerprint density at radius 2 is 1.38 bits per heavy atom. The number of phenolic OH excluding ortho intramolecular Hbond substituents is 2. The van der Waals surface area contributed by atoms with Gasteiger partial charge in [-0.1, -0.05) is 59.8 Å². The third kappa shape index (κ3) is 10.2. The zero-order chi connectivity index (χ0) is 41.7. The molecule has 0 aliphatic carbocycles. The zero-order valence-corrected chi connectivity index (χ0v) is 33.0. The molecule has 3 heterocycles. The first-order chi connectivity index (χ1) is 29.4. The highest BCUT2D eigenvalue weighted by Crippen LogP contribution is 2.40. The lowest BCUT2D eigenvalue weighted by Gasteiger charge is -2.28. The number of hydrogen-bond acceptors (Lipinski definition) is 14. The van der Waals surface area contributed by atoms with E-state index in [4.69, 9.17) is 28.1 Å². The van der Waals surface area contributed by atoms with Crippen LogP contribution in [0.25, 0.3) is 44.8 Å². The summed E-state index contributed by atoms with van der Waals surface area (Å²) < 4.78 is 35.7. The van der Waals surface area contributed by atoms with Gasteiger partial charge in [-0.3, -0.25) is 9.59 Å². The second kappa shape index (κ2) is 20.7. The smallest absolute Gasteiger partial charge is 0.251 e. The number of ether oxygens (including phenoxy) is 5. The molecule has 2 aromatic heterocycles. The molecule has 4 aromatic carbocycles. The average molecular weight is 822 g/mol. The molecule has 4 N–H and O–H groups in total. The summed E-state index contributed by atoms with van der Waals surface area (Å²) in [5, 5.41) is 42.0. The van der Waals surface area contributed by atoms with Crippen molar-refractivity contribution in [3.05, 3.63) is 112 Å². The summed E-state index contributed by atoms with van der Waals surface area (Å²) in [6.07, 6.45) is 0. The highest BCUT2D eigenvalue weighted by molar-refractivity contribution is 5.94. The molecule has 16 heteroatoms. The van der Waals surface area contributed by atoms with Crippen LogP contribution in [-0.4, -0.2) is 116 Å². The Hall–Kier alpha value is -6.14. The van der Waals surface area contributed by atoms with Gasteiger partial charge in [0.05, 0.1) is 83.7 Å². The van der Waals surface area contributed by atoms with Gasteiger partial charge < -0.3 is 53.6 Å². The number of carbonyl (C=O) groups excluding carboxylic acids is 1. The minimum absolute atomic E-state index is 0.111. The molecule has 0 saturated carbocycles. The first-order valence-corrected chi connectivity index (χ1v) is 19.7. The minimum Gasteiger partial charge on any atom is -0.504 e. The van der Waals surface area contributed by atoms with E-state index in [0.717, 1.165) is 33.8 Å². The maximum absolute atomic E-state index is 12.6. The van der Waals surface area contributed by atoms with E-state index < -0.39 is 11.5 Å². The van der Waals surface area contributed by atoms with Crippen molar-refractivity contribution in [3.63, 3.8) is 0 Å². The number of aromatic nitrogens is 3. The molecule has 1 aliphatic heterocycles. The quantitative estimate of drug-likeness (QED) is 0.0581. The van der Waals surface area contributed by atoms with Crippen LogP contribution in [0.3, 0.4) is 0 Å². The monoisotopic (exact) mass is 821 g/mol. The van der Waals surface area contributed by atoms with E-state index in [2.05, 4.69) is 27.8 Å². The molecule has 1 aliphatic rings. The van der Waals surface area contributed by atoms with Crippen LogP contribution < -0.4 is 15.6 Å². The van der Waals surface area contributed by atoms with E-state index in [9.17, 15) is 24.9 Å². The van der Waals surface area contributed by atoms with Gasteiger partial charge >= 0.3 is 0 Å². The molecule has 0 spiro atoms. The third-order valence-corrected chi connectivity index (χ3v) is 9.79. The number of amides is 1. The molecule has 0 unspecified atom stereocenters. The molecule has 0 bridgehead atoms. The number of fused-ring (bicyclic) bond motifs is 6. The third-order valence-electron chi connectivity index (χ3n) is 9.79. The summed E-state index contributed by atoms with van der Waals surface area (Å²) in [5.74, 6) is -1.01. The van der Waals surface area contributed by atoms with Crippen LogP contribution in [0.1, 0.15) is 15.9 Å². The van der Waals surface area contributed by atoms with E-state index in [1.807, 2.05) is 46.0 Å². The molecule has 314 valence electrons. The van der Waals surface area contributed by atoms with E-state index >= 15 is 0 Å². The Morgan fingerprint density at radius 1 is 0.750 bits per heavy atom. The van der Waals surface area contributed by atoms with Crippen molar-refractivity contribution in [2.45, 2.75) is 13.1 Å². The normalized spacial score (nSPS) is 12.1. The fourth-order valence-electron chi connectivity index (χ4n) is 6.77. The van der Waals surface area contributed by atoms with Crippen LogP contribution in [0.2, 0.25) is 0 Å². The predicted octanol–water partition coefficient (Wildman–Crippen LogP) is 4.58. The Kier molecular flexibility index (Phi) is 14.5. The highest BCUT2D eigenvalue weighted by atomic mass is 16.6. The van der Waals surface area contributed by atoms with E-state index in [1.165, 1.54) is 18.2 Å². The minimum atomic E-state index is -0.512. The molecule has 0 radical (unpaired) electrons. The molecule has 60 heavy (non-hydrogen) atoms. The standard InChI is InChI=1S/C44H47N5O11/c50-29-48-28-32-5-1-2-6-33(32)41-40(34-7-3-4-8-36(34)48)46-47-49(41)16-18-56-20-22-58-24-26-59-25-23-57-21-19-55-17-15-45-44(54)31-11-9-30(10-12-31)39-27-38(52)35-13-14-37(51)42(53)43(35)60-39/h1-14,27,50-51,53H,15-26,28-29H2,(H,45,54). The summed E-state index contributed by atoms with van der Waals surface area (Å²) in [7, 11) is 0. The van der Waals surface area contributed by atoms with Crippen molar-refractivity contribution < 1.29 is 48.2 Å². The van der Waals surface area contributed by atoms with Crippen LogP contribution >= 0.6 is 0 Å². The summed E-state index contributed by atoms with van der Waals surface area (Å²) in [6, 6.07) is 26.4. The molecule has 0 saturated heterocycles. The molecule has 16 nitrogen and oxygen atoms in total. The molecule has 7 rings (SSSR count). The number of rotatable bonds is 21. The maximum atomic E-state index is 12.6. The predicted molar refractivity (Wildman–Crippen MR) is 222 cm³/mol. The second-order valence-electron chi connectivity index (χ2n) is 13.7. The number of carbonyl (C=O) groups is 1. The molecular weight excluding hydrogens is 775 g/mol. The topological polar surface area (TPSA) is 200 Å². The van der Waals surface area contributed by atoms with Gasteiger partial charge in [-0.15, -0.1) is 5.10 Å². The number of hydrogen-bond donors (Lipinski definition) is 4. The Balaban J connectivity index is 0.705. The van der Waals surface area contributed by atoms with Gasteiger partial charge in [0.25, 0.3) is 5.91 Å². The number of anilines is 1. The highest BCUT2D eigenvalue weighted by Gasteiger charge is 2.26. The number of benzene rings is 4. The van der Waals surface area contributed by atoms with Crippen LogP contribution in [0.4, 0.5) is 5.69 Å². The lowest BCUT2D eigenvalue weighted by Crippen LogP contribution is -2.27. The van der Waals surface area contributed by atoms with Gasteiger partial charge in [-0.2, -0.15) is 0 Å². The molecule has 1 amide bonds. The first kappa shape index (κ1) is 42.0. The molecular formula is C44H47N5O11. The average Bonchev–Trinajstić information content (AvgIpc) is 3.68.